The number of hydrogen-bond acceptors (Lipinski definition) is 4. The Labute approximate surface area is 189 Å². The van der Waals surface area contributed by atoms with E-state index in [1.807, 2.05) is 54.9 Å². The first kappa shape index (κ1) is 19.8. The van der Waals surface area contributed by atoms with Crippen LogP contribution < -0.4 is 5.56 Å². The van der Waals surface area contributed by atoms with Crippen molar-refractivity contribution in [2.75, 3.05) is 6.54 Å². The largest absolute Gasteiger partial charge is 0.306 e. The van der Waals surface area contributed by atoms with Crippen molar-refractivity contribution in [3.05, 3.63) is 105 Å². The quantitative estimate of drug-likeness (QED) is 0.462. The molecular formula is C25H21BrN4O. The zero-order valence-corrected chi connectivity index (χ0v) is 18.5. The number of aromatic nitrogens is 3. The molecule has 5 rings (SSSR count). The summed E-state index contributed by atoms with van der Waals surface area (Å²) in [4.78, 5) is 27.2. The fourth-order valence-corrected chi connectivity index (χ4v) is 4.48. The summed E-state index contributed by atoms with van der Waals surface area (Å²) >= 11 is 3.56. The van der Waals surface area contributed by atoms with Gasteiger partial charge in [0.05, 0.1) is 11.3 Å². The van der Waals surface area contributed by atoms with E-state index < -0.39 is 0 Å². The maximum atomic E-state index is 12.8. The van der Waals surface area contributed by atoms with Gasteiger partial charge in [-0.05, 0) is 34.9 Å². The minimum Gasteiger partial charge on any atom is -0.306 e. The van der Waals surface area contributed by atoms with Crippen molar-refractivity contribution in [2.24, 2.45) is 0 Å². The van der Waals surface area contributed by atoms with Gasteiger partial charge in [-0.15, -0.1) is 0 Å². The monoisotopic (exact) mass is 472 g/mol. The molecular weight excluding hydrogens is 452 g/mol. The van der Waals surface area contributed by atoms with E-state index in [4.69, 9.17) is 4.98 Å². The zero-order chi connectivity index (χ0) is 21.2. The van der Waals surface area contributed by atoms with Crippen LogP contribution in [0.5, 0.6) is 0 Å². The third kappa shape index (κ3) is 4.22. The molecule has 154 valence electrons. The van der Waals surface area contributed by atoms with Gasteiger partial charge < -0.3 is 4.98 Å². The minimum absolute atomic E-state index is 0.0491. The fourth-order valence-electron chi connectivity index (χ4n) is 4.08. The lowest BCUT2D eigenvalue weighted by atomic mass is 10.00. The smallest absolute Gasteiger partial charge is 0.255 e. The number of rotatable bonds is 4. The molecule has 0 radical (unpaired) electrons. The second kappa shape index (κ2) is 8.57. The Kier molecular flexibility index (Phi) is 5.49. The van der Waals surface area contributed by atoms with Gasteiger partial charge in [0.2, 0.25) is 0 Å². The lowest BCUT2D eigenvalue weighted by Gasteiger charge is -2.28. The van der Waals surface area contributed by atoms with Crippen LogP contribution in [0.15, 0.2) is 82.3 Å². The molecule has 0 saturated carbocycles. The van der Waals surface area contributed by atoms with Crippen LogP contribution in [0.1, 0.15) is 16.8 Å². The highest BCUT2D eigenvalue weighted by atomic mass is 79.9. The molecule has 6 heteroatoms. The minimum atomic E-state index is -0.0491. The standard InChI is InChI=1S/C25H21BrN4O/c26-20-8-4-7-18(13-20)21-9-11-27-14-19(21)15-30-12-10-23-22(16-30)25(31)29-24(28-23)17-5-2-1-3-6-17/h1-9,11,13-14H,10,12,15-16H2,(H,28,29,31). The van der Waals surface area contributed by atoms with Crippen molar-refractivity contribution in [2.45, 2.75) is 19.5 Å². The molecule has 3 heterocycles. The number of fused-ring (bicyclic) bond motifs is 1. The Morgan fingerprint density at radius 1 is 1.03 bits per heavy atom. The van der Waals surface area contributed by atoms with E-state index in [1.54, 1.807) is 0 Å². The van der Waals surface area contributed by atoms with Crippen molar-refractivity contribution < 1.29 is 0 Å². The van der Waals surface area contributed by atoms with Gasteiger partial charge in [0.15, 0.2) is 0 Å². The molecule has 0 unspecified atom stereocenters. The van der Waals surface area contributed by atoms with Crippen LogP contribution >= 0.6 is 15.9 Å². The Morgan fingerprint density at radius 2 is 1.87 bits per heavy atom. The van der Waals surface area contributed by atoms with Gasteiger partial charge in [0.25, 0.3) is 5.56 Å². The first-order chi connectivity index (χ1) is 15.2. The summed E-state index contributed by atoms with van der Waals surface area (Å²) in [7, 11) is 0. The first-order valence-electron chi connectivity index (χ1n) is 10.3. The molecule has 0 bridgehead atoms. The number of H-pyrrole nitrogens is 1. The second-order valence-corrected chi connectivity index (χ2v) is 8.63. The fraction of sp³-hybridized carbons (Fsp3) is 0.160. The average molecular weight is 473 g/mol. The predicted molar refractivity (Wildman–Crippen MR) is 125 cm³/mol. The molecule has 0 atom stereocenters. The molecule has 0 aliphatic carbocycles. The number of nitrogens with zero attached hydrogens (tertiary/aromatic N) is 3. The molecule has 5 nitrogen and oxygen atoms in total. The van der Waals surface area contributed by atoms with E-state index in [2.05, 4.69) is 49.0 Å². The summed E-state index contributed by atoms with van der Waals surface area (Å²) in [6.07, 6.45) is 4.50. The molecule has 1 aliphatic rings. The highest BCUT2D eigenvalue weighted by Crippen LogP contribution is 2.28. The number of halogens is 1. The Balaban J connectivity index is 1.41. The molecule has 1 aliphatic heterocycles. The van der Waals surface area contributed by atoms with Gasteiger partial charge in [-0.25, -0.2) is 4.98 Å². The molecule has 2 aromatic carbocycles. The summed E-state index contributed by atoms with van der Waals surface area (Å²) in [5.41, 5.74) is 6.00. The molecule has 2 aromatic heterocycles. The van der Waals surface area contributed by atoms with Crippen molar-refractivity contribution in [1.29, 1.82) is 0 Å². The maximum absolute atomic E-state index is 12.8. The molecule has 1 N–H and O–H groups in total. The van der Waals surface area contributed by atoms with E-state index in [-0.39, 0.29) is 5.56 Å². The molecule has 0 spiro atoms. The summed E-state index contributed by atoms with van der Waals surface area (Å²) in [6.45, 7) is 2.17. The summed E-state index contributed by atoms with van der Waals surface area (Å²) in [5.74, 6) is 0.641. The molecule has 4 aromatic rings. The number of aromatic amines is 1. The molecule has 31 heavy (non-hydrogen) atoms. The lowest BCUT2D eigenvalue weighted by molar-refractivity contribution is 0.242. The predicted octanol–water partition coefficient (Wildman–Crippen LogP) is 4.82. The van der Waals surface area contributed by atoms with E-state index in [1.165, 1.54) is 0 Å². The Morgan fingerprint density at radius 3 is 2.71 bits per heavy atom. The highest BCUT2D eigenvalue weighted by Gasteiger charge is 2.22. The molecule has 0 fully saturated rings. The summed E-state index contributed by atoms with van der Waals surface area (Å²) < 4.78 is 1.05. The van der Waals surface area contributed by atoms with Crippen LogP contribution in [0.4, 0.5) is 0 Å². The third-order valence-electron chi connectivity index (χ3n) is 5.63. The highest BCUT2D eigenvalue weighted by molar-refractivity contribution is 9.10. The van der Waals surface area contributed by atoms with Crippen LogP contribution in [-0.2, 0) is 19.5 Å². The zero-order valence-electron chi connectivity index (χ0n) is 16.9. The van der Waals surface area contributed by atoms with Crippen LogP contribution in [0.25, 0.3) is 22.5 Å². The Hall–Kier alpha value is -3.09. The van der Waals surface area contributed by atoms with E-state index in [0.29, 0.717) is 12.4 Å². The van der Waals surface area contributed by atoms with Crippen molar-refractivity contribution in [3.63, 3.8) is 0 Å². The van der Waals surface area contributed by atoms with Gasteiger partial charge >= 0.3 is 0 Å². The van der Waals surface area contributed by atoms with Crippen molar-refractivity contribution in [1.82, 2.24) is 19.9 Å². The number of pyridine rings is 1. The average Bonchev–Trinajstić information content (AvgIpc) is 2.80. The van der Waals surface area contributed by atoms with Crippen LogP contribution in [0.3, 0.4) is 0 Å². The van der Waals surface area contributed by atoms with Gasteiger partial charge in [-0.1, -0.05) is 58.4 Å². The van der Waals surface area contributed by atoms with Gasteiger partial charge in [0, 0.05) is 48.5 Å². The van der Waals surface area contributed by atoms with E-state index in [0.717, 1.165) is 57.5 Å². The first-order valence-corrected chi connectivity index (χ1v) is 11.1. The third-order valence-corrected chi connectivity index (χ3v) is 6.12. The van der Waals surface area contributed by atoms with E-state index in [9.17, 15) is 4.79 Å². The second-order valence-electron chi connectivity index (χ2n) is 7.71. The number of nitrogens with one attached hydrogen (secondary N) is 1. The topological polar surface area (TPSA) is 61.9 Å². The van der Waals surface area contributed by atoms with Gasteiger partial charge in [0.1, 0.15) is 5.82 Å². The van der Waals surface area contributed by atoms with Crippen LogP contribution in [-0.4, -0.2) is 26.4 Å². The van der Waals surface area contributed by atoms with Gasteiger partial charge in [-0.3, -0.25) is 14.7 Å². The molecule has 0 saturated heterocycles. The van der Waals surface area contributed by atoms with Gasteiger partial charge in [-0.2, -0.15) is 0 Å². The maximum Gasteiger partial charge on any atom is 0.255 e. The van der Waals surface area contributed by atoms with Crippen LogP contribution in [0.2, 0.25) is 0 Å². The van der Waals surface area contributed by atoms with Crippen molar-refractivity contribution in [3.8, 4) is 22.5 Å². The van der Waals surface area contributed by atoms with Crippen LogP contribution in [0, 0.1) is 0 Å². The Bertz CT molecular complexity index is 1290. The lowest BCUT2D eigenvalue weighted by Crippen LogP contribution is -2.35. The number of benzene rings is 2. The summed E-state index contributed by atoms with van der Waals surface area (Å²) in [6, 6.07) is 20.1. The van der Waals surface area contributed by atoms with Crippen molar-refractivity contribution >= 4 is 15.9 Å². The molecule has 0 amide bonds. The van der Waals surface area contributed by atoms with E-state index >= 15 is 0 Å². The SMILES string of the molecule is O=c1[nH]c(-c2ccccc2)nc2c1CN(Cc1cnccc1-c1cccc(Br)c1)CC2. The normalized spacial score (nSPS) is 13.7. The number of hydrogen-bond donors (Lipinski definition) is 1. The summed E-state index contributed by atoms with van der Waals surface area (Å²) in [5, 5.41) is 0.